The Morgan fingerprint density at radius 3 is 2.29 bits per heavy atom. The fourth-order valence-electron chi connectivity index (χ4n) is 2.66. The Kier molecular flexibility index (Phi) is 5.96. The summed E-state index contributed by atoms with van der Waals surface area (Å²) in [5, 5.41) is 0.700. The van der Waals surface area contributed by atoms with Crippen molar-refractivity contribution < 1.29 is 22.7 Å². The Morgan fingerprint density at radius 1 is 0.893 bits per heavy atom. The van der Waals surface area contributed by atoms with Crippen molar-refractivity contribution in [3.63, 3.8) is 0 Å². The molecule has 0 aliphatic heterocycles. The van der Waals surface area contributed by atoms with Gasteiger partial charge in [-0.1, -0.05) is 47.5 Å². The van der Waals surface area contributed by atoms with Crippen molar-refractivity contribution in [3.8, 4) is 11.1 Å². The van der Waals surface area contributed by atoms with Crippen LogP contribution < -0.4 is 0 Å². The molecule has 0 aromatic heterocycles. The van der Waals surface area contributed by atoms with Crippen LogP contribution in [0.4, 0.5) is 13.2 Å². The summed E-state index contributed by atoms with van der Waals surface area (Å²) in [5.74, 6) is -0.638. The highest BCUT2D eigenvalue weighted by Crippen LogP contribution is 2.37. The number of rotatable bonds is 4. The molecule has 2 nitrogen and oxygen atoms in total. The molecule has 0 aliphatic rings. The monoisotopic (exact) mass is 424 g/mol. The molecule has 0 amide bonds. The van der Waals surface area contributed by atoms with Crippen LogP contribution in [0.5, 0.6) is 0 Å². The average molecular weight is 425 g/mol. The number of hydrogen-bond acceptors (Lipinski definition) is 2. The smallest absolute Gasteiger partial charge is 0.416 e. The zero-order chi connectivity index (χ0) is 20.3. The summed E-state index contributed by atoms with van der Waals surface area (Å²) in [4.78, 5) is 12.2. The van der Waals surface area contributed by atoms with Crippen LogP contribution in [0.15, 0.2) is 66.7 Å². The SMILES string of the molecule is O=C(OCc1cc(C(F)(F)F)ccc1-c1cc(Cl)ccc1Cl)c1ccccc1. The first-order chi connectivity index (χ1) is 13.3. The first kappa shape index (κ1) is 20.2. The molecule has 0 aliphatic carbocycles. The molecule has 0 fully saturated rings. The summed E-state index contributed by atoms with van der Waals surface area (Å²) in [6, 6.07) is 16.1. The summed E-state index contributed by atoms with van der Waals surface area (Å²) in [7, 11) is 0. The van der Waals surface area contributed by atoms with Gasteiger partial charge in [0.15, 0.2) is 0 Å². The Balaban J connectivity index is 1.99. The van der Waals surface area contributed by atoms with Crippen molar-refractivity contribution in [2.75, 3.05) is 0 Å². The minimum atomic E-state index is -4.53. The Morgan fingerprint density at radius 2 is 1.61 bits per heavy atom. The molecule has 0 heterocycles. The molecule has 3 aromatic rings. The summed E-state index contributed by atoms with van der Waals surface area (Å²) in [6.45, 7) is -0.351. The Bertz CT molecular complexity index is 1000. The highest BCUT2D eigenvalue weighted by atomic mass is 35.5. The van der Waals surface area contributed by atoms with Gasteiger partial charge in [-0.2, -0.15) is 13.2 Å². The number of esters is 1. The van der Waals surface area contributed by atoms with Crippen LogP contribution in [0.2, 0.25) is 10.0 Å². The number of carbonyl (C=O) groups is 1. The molecule has 0 saturated carbocycles. The van der Waals surface area contributed by atoms with Crippen LogP contribution in [-0.4, -0.2) is 5.97 Å². The molecule has 144 valence electrons. The number of benzene rings is 3. The molecule has 0 unspecified atom stereocenters. The predicted molar refractivity (Wildman–Crippen MR) is 102 cm³/mol. The number of alkyl halides is 3. The van der Waals surface area contributed by atoms with Gasteiger partial charge in [-0.15, -0.1) is 0 Å². The van der Waals surface area contributed by atoms with Gasteiger partial charge in [0.25, 0.3) is 0 Å². The molecule has 0 spiro atoms. The number of carbonyl (C=O) groups excluding carboxylic acids is 1. The molecule has 7 heteroatoms. The molecule has 0 N–H and O–H groups in total. The largest absolute Gasteiger partial charge is 0.457 e. The van der Waals surface area contributed by atoms with Gasteiger partial charge in [-0.05, 0) is 53.6 Å². The summed E-state index contributed by atoms with van der Waals surface area (Å²) >= 11 is 12.2. The van der Waals surface area contributed by atoms with Gasteiger partial charge in [0, 0.05) is 15.6 Å². The van der Waals surface area contributed by atoms with E-state index in [0.717, 1.165) is 12.1 Å². The van der Waals surface area contributed by atoms with E-state index < -0.39 is 17.7 Å². The van der Waals surface area contributed by atoms with E-state index in [2.05, 4.69) is 0 Å². The van der Waals surface area contributed by atoms with Crippen LogP contribution in [0.25, 0.3) is 11.1 Å². The van der Waals surface area contributed by atoms with E-state index in [4.69, 9.17) is 27.9 Å². The van der Waals surface area contributed by atoms with E-state index in [9.17, 15) is 18.0 Å². The molecule has 3 aromatic carbocycles. The van der Waals surface area contributed by atoms with Crippen LogP contribution in [0.1, 0.15) is 21.5 Å². The molecular weight excluding hydrogens is 412 g/mol. The van der Waals surface area contributed by atoms with Crippen LogP contribution in [0.3, 0.4) is 0 Å². The molecule has 28 heavy (non-hydrogen) atoms. The van der Waals surface area contributed by atoms with Crippen LogP contribution >= 0.6 is 23.2 Å². The zero-order valence-corrected chi connectivity index (χ0v) is 15.8. The maximum absolute atomic E-state index is 13.2. The third kappa shape index (κ3) is 4.66. The van der Waals surface area contributed by atoms with Gasteiger partial charge >= 0.3 is 12.1 Å². The molecule has 0 saturated heterocycles. The third-order valence-electron chi connectivity index (χ3n) is 4.02. The van der Waals surface area contributed by atoms with Crippen molar-refractivity contribution in [3.05, 3.63) is 93.5 Å². The summed E-state index contributed by atoms with van der Waals surface area (Å²) < 4.78 is 44.7. The minimum Gasteiger partial charge on any atom is -0.457 e. The number of ether oxygens (including phenoxy) is 1. The van der Waals surface area contributed by atoms with Crippen molar-refractivity contribution in [1.82, 2.24) is 0 Å². The molecule has 0 atom stereocenters. The minimum absolute atomic E-state index is 0.170. The van der Waals surface area contributed by atoms with Gasteiger partial charge in [0.05, 0.1) is 11.1 Å². The fraction of sp³-hybridized carbons (Fsp3) is 0.0952. The van der Waals surface area contributed by atoms with Gasteiger partial charge in [-0.25, -0.2) is 4.79 Å². The van der Waals surface area contributed by atoms with E-state index in [0.29, 0.717) is 26.7 Å². The van der Waals surface area contributed by atoms with Gasteiger partial charge < -0.3 is 4.74 Å². The van der Waals surface area contributed by atoms with Crippen molar-refractivity contribution in [2.45, 2.75) is 12.8 Å². The quantitative estimate of drug-likeness (QED) is 0.420. The normalized spacial score (nSPS) is 11.3. The Labute approximate surface area is 169 Å². The first-order valence-electron chi connectivity index (χ1n) is 8.13. The fourth-order valence-corrected chi connectivity index (χ4v) is 3.05. The highest BCUT2D eigenvalue weighted by Gasteiger charge is 2.31. The van der Waals surface area contributed by atoms with E-state index >= 15 is 0 Å². The molecular formula is C21H13Cl2F3O2. The second kappa shape index (κ2) is 8.25. The third-order valence-corrected chi connectivity index (χ3v) is 4.58. The number of hydrogen-bond donors (Lipinski definition) is 0. The second-order valence-electron chi connectivity index (χ2n) is 5.94. The van der Waals surface area contributed by atoms with E-state index in [1.807, 2.05) is 0 Å². The lowest BCUT2D eigenvalue weighted by Crippen LogP contribution is -2.09. The van der Waals surface area contributed by atoms with Crippen molar-refractivity contribution >= 4 is 29.2 Å². The van der Waals surface area contributed by atoms with Crippen molar-refractivity contribution in [1.29, 1.82) is 0 Å². The van der Waals surface area contributed by atoms with Crippen LogP contribution in [-0.2, 0) is 17.5 Å². The van der Waals surface area contributed by atoms with Gasteiger partial charge in [-0.3, -0.25) is 0 Å². The van der Waals surface area contributed by atoms with E-state index in [1.54, 1.807) is 48.5 Å². The molecule has 0 radical (unpaired) electrons. The second-order valence-corrected chi connectivity index (χ2v) is 6.78. The number of halogens is 5. The summed E-state index contributed by atoms with van der Waals surface area (Å²) in [6.07, 6.45) is -4.53. The maximum atomic E-state index is 13.2. The maximum Gasteiger partial charge on any atom is 0.416 e. The highest BCUT2D eigenvalue weighted by molar-refractivity contribution is 6.35. The first-order valence-corrected chi connectivity index (χ1v) is 8.89. The van der Waals surface area contributed by atoms with E-state index in [-0.39, 0.29) is 12.2 Å². The average Bonchev–Trinajstić information content (AvgIpc) is 2.68. The standard InChI is InChI=1S/C21H13Cl2F3O2/c22-16-7-9-19(23)18(11-16)17-8-6-15(21(24,25)26)10-14(17)12-28-20(27)13-4-2-1-3-5-13/h1-11H,12H2. The Hall–Kier alpha value is -2.50. The zero-order valence-electron chi connectivity index (χ0n) is 14.3. The van der Waals surface area contributed by atoms with Crippen LogP contribution in [0, 0.1) is 0 Å². The van der Waals surface area contributed by atoms with Gasteiger partial charge in [0.2, 0.25) is 0 Å². The van der Waals surface area contributed by atoms with E-state index in [1.165, 1.54) is 6.07 Å². The predicted octanol–water partition coefficient (Wildman–Crippen LogP) is 7.04. The topological polar surface area (TPSA) is 26.3 Å². The van der Waals surface area contributed by atoms with Crippen molar-refractivity contribution in [2.24, 2.45) is 0 Å². The lowest BCUT2D eigenvalue weighted by atomic mass is 9.97. The van der Waals surface area contributed by atoms with Gasteiger partial charge in [0.1, 0.15) is 6.61 Å². The molecule has 0 bridgehead atoms. The molecule has 3 rings (SSSR count). The lowest BCUT2D eigenvalue weighted by molar-refractivity contribution is -0.137. The summed E-state index contributed by atoms with van der Waals surface area (Å²) in [5.41, 5.74) is 0.482. The lowest BCUT2D eigenvalue weighted by Gasteiger charge is -2.15.